The molecule has 3 rings (SSSR count). The Hall–Kier alpha value is -3.30. The Morgan fingerprint density at radius 3 is 1.52 bits per heavy atom. The van der Waals surface area contributed by atoms with Gasteiger partial charge in [0.1, 0.15) is 0 Å². The number of rotatable bonds is 13. The molecule has 0 radical (unpaired) electrons. The first-order valence-electron chi connectivity index (χ1n) is 13.3. The molecule has 1 amide bonds. The minimum absolute atomic E-state index is 0.0214. The summed E-state index contributed by atoms with van der Waals surface area (Å²) in [5, 5.41) is 2.85. The number of aryl methyl sites for hydroxylation is 2. The number of carbonyl (C=O) groups excluding carboxylic acids is 2. The van der Waals surface area contributed by atoms with Crippen LogP contribution in [-0.4, -0.2) is 46.6 Å². The van der Waals surface area contributed by atoms with Crippen LogP contribution in [0.15, 0.2) is 82.6 Å². The Morgan fingerprint density at radius 1 is 0.675 bits per heavy atom. The highest BCUT2D eigenvalue weighted by atomic mass is 32.2. The van der Waals surface area contributed by atoms with Gasteiger partial charge >= 0.3 is 0 Å². The van der Waals surface area contributed by atoms with Crippen molar-refractivity contribution in [2.75, 3.05) is 18.1 Å². The van der Waals surface area contributed by atoms with Gasteiger partial charge in [-0.3, -0.25) is 9.59 Å². The topological polar surface area (TPSA) is 114 Å². The van der Waals surface area contributed by atoms with E-state index in [1.165, 1.54) is 48.5 Å². The van der Waals surface area contributed by atoms with Gasteiger partial charge in [0.15, 0.2) is 25.5 Å². The fourth-order valence-corrected chi connectivity index (χ4v) is 7.48. The normalized spacial score (nSPS) is 12.1. The van der Waals surface area contributed by atoms with Gasteiger partial charge in [-0.1, -0.05) is 61.4 Å². The van der Waals surface area contributed by atoms with E-state index < -0.39 is 42.9 Å². The van der Waals surface area contributed by atoms with Crippen LogP contribution < -0.4 is 5.32 Å². The fourth-order valence-electron chi connectivity index (χ4n) is 4.25. The highest BCUT2D eigenvalue weighted by Gasteiger charge is 2.32. The molecule has 0 fully saturated rings. The highest BCUT2D eigenvalue weighted by molar-refractivity contribution is 7.92. The summed E-state index contributed by atoms with van der Waals surface area (Å²) in [6.07, 6.45) is 1.85. The third-order valence-corrected chi connectivity index (χ3v) is 10.3. The SMILES string of the molecule is Cc1ccc(S(=O)(=O)CC(CS(=O)(=O)c2ccc(C)cc2)C(=O)c2ccc(C(=O)NCCCC(C)C)cc2)cc1. The molecule has 9 heteroatoms. The van der Waals surface area contributed by atoms with Gasteiger partial charge in [-0.2, -0.15) is 0 Å². The third kappa shape index (κ3) is 8.60. The van der Waals surface area contributed by atoms with Crippen LogP contribution in [0, 0.1) is 25.7 Å². The van der Waals surface area contributed by atoms with E-state index in [0.717, 1.165) is 24.0 Å². The van der Waals surface area contributed by atoms with Gasteiger partial charge in [-0.15, -0.1) is 0 Å². The zero-order valence-electron chi connectivity index (χ0n) is 23.4. The Kier molecular flexibility index (Phi) is 10.4. The van der Waals surface area contributed by atoms with Crippen LogP contribution >= 0.6 is 0 Å². The maximum atomic E-state index is 13.6. The first kappa shape index (κ1) is 31.2. The monoisotopic (exact) mass is 583 g/mol. The van der Waals surface area contributed by atoms with E-state index in [4.69, 9.17) is 0 Å². The molecule has 0 unspecified atom stereocenters. The number of hydrogen-bond acceptors (Lipinski definition) is 6. The summed E-state index contributed by atoms with van der Waals surface area (Å²) in [6, 6.07) is 18.3. The van der Waals surface area contributed by atoms with Gasteiger partial charge < -0.3 is 5.32 Å². The van der Waals surface area contributed by atoms with Crippen molar-refractivity contribution in [2.24, 2.45) is 11.8 Å². The van der Waals surface area contributed by atoms with Gasteiger partial charge in [0.2, 0.25) is 0 Å². The molecule has 0 aliphatic heterocycles. The molecule has 0 spiro atoms. The second-order valence-electron chi connectivity index (χ2n) is 10.6. The Morgan fingerprint density at radius 2 is 1.10 bits per heavy atom. The van der Waals surface area contributed by atoms with Gasteiger partial charge in [-0.05, 0) is 69.0 Å². The first-order chi connectivity index (χ1) is 18.8. The molecular formula is C31H37NO6S2. The molecule has 7 nitrogen and oxygen atoms in total. The molecule has 0 aromatic heterocycles. The molecular weight excluding hydrogens is 546 g/mol. The minimum atomic E-state index is -3.98. The minimum Gasteiger partial charge on any atom is -0.352 e. The number of sulfone groups is 2. The average molecular weight is 584 g/mol. The highest BCUT2D eigenvalue weighted by Crippen LogP contribution is 2.23. The van der Waals surface area contributed by atoms with Crippen molar-refractivity contribution >= 4 is 31.4 Å². The van der Waals surface area contributed by atoms with Gasteiger partial charge in [-0.25, -0.2) is 16.8 Å². The van der Waals surface area contributed by atoms with Crippen LogP contribution in [0.3, 0.4) is 0 Å². The molecule has 40 heavy (non-hydrogen) atoms. The van der Waals surface area contributed by atoms with Crippen molar-refractivity contribution in [3.05, 3.63) is 95.1 Å². The largest absolute Gasteiger partial charge is 0.352 e. The van der Waals surface area contributed by atoms with Crippen molar-refractivity contribution in [1.82, 2.24) is 5.32 Å². The van der Waals surface area contributed by atoms with E-state index in [1.54, 1.807) is 24.3 Å². The van der Waals surface area contributed by atoms with Gasteiger partial charge in [0.05, 0.1) is 27.2 Å². The molecule has 214 valence electrons. The van der Waals surface area contributed by atoms with Crippen molar-refractivity contribution in [1.29, 1.82) is 0 Å². The van der Waals surface area contributed by atoms with Gasteiger partial charge in [0.25, 0.3) is 5.91 Å². The summed E-state index contributed by atoms with van der Waals surface area (Å²) in [7, 11) is -7.96. The zero-order chi connectivity index (χ0) is 29.5. The van der Waals surface area contributed by atoms with Crippen LogP contribution in [-0.2, 0) is 19.7 Å². The lowest BCUT2D eigenvalue weighted by Gasteiger charge is -2.17. The Labute approximate surface area is 237 Å². The Balaban J connectivity index is 1.86. The number of nitrogens with one attached hydrogen (secondary N) is 1. The molecule has 0 aliphatic rings. The number of hydrogen-bond donors (Lipinski definition) is 1. The van der Waals surface area contributed by atoms with Crippen LogP contribution in [0.2, 0.25) is 0 Å². The first-order valence-corrected chi connectivity index (χ1v) is 16.6. The summed E-state index contributed by atoms with van der Waals surface area (Å²) in [4.78, 5) is 26.1. The van der Waals surface area contributed by atoms with Crippen molar-refractivity contribution in [3.63, 3.8) is 0 Å². The lowest BCUT2D eigenvalue weighted by molar-refractivity contribution is 0.0935. The lowest BCUT2D eigenvalue weighted by Crippen LogP contribution is -2.31. The number of ketones is 1. The summed E-state index contributed by atoms with van der Waals surface area (Å²) >= 11 is 0. The molecule has 0 atom stereocenters. The predicted octanol–water partition coefficient (Wildman–Crippen LogP) is 5.22. The third-order valence-electron chi connectivity index (χ3n) is 6.65. The molecule has 1 N–H and O–H groups in total. The summed E-state index contributed by atoms with van der Waals surface area (Å²) in [5.74, 6) is -3.04. The molecule has 0 aliphatic carbocycles. The fraction of sp³-hybridized carbons (Fsp3) is 0.355. The van der Waals surface area contributed by atoms with E-state index in [0.29, 0.717) is 18.0 Å². The summed E-state index contributed by atoms with van der Waals surface area (Å²) in [6.45, 7) is 8.41. The maximum absolute atomic E-state index is 13.6. The number of Topliss-reactive ketones (excluding diaryl/α,β-unsaturated/α-hetero) is 1. The van der Waals surface area contributed by atoms with E-state index in [2.05, 4.69) is 19.2 Å². The van der Waals surface area contributed by atoms with Crippen LogP contribution in [0.4, 0.5) is 0 Å². The quantitative estimate of drug-likeness (QED) is 0.218. The van der Waals surface area contributed by atoms with Crippen molar-refractivity contribution in [3.8, 4) is 0 Å². The van der Waals surface area contributed by atoms with E-state index in [1.807, 2.05) is 13.8 Å². The van der Waals surface area contributed by atoms with Crippen molar-refractivity contribution < 1.29 is 26.4 Å². The molecule has 0 heterocycles. The molecule has 0 bridgehead atoms. The standard InChI is InChI=1S/C31H37NO6S2/c1-22(2)6-5-19-32-31(34)26-13-11-25(12-14-26)30(33)27(20-39(35,36)28-15-7-23(3)8-16-28)21-40(37,38)29-17-9-24(4)10-18-29/h7-18,22,27H,5-6,19-21H2,1-4H3,(H,32,34). The van der Waals surface area contributed by atoms with E-state index >= 15 is 0 Å². The molecule has 0 saturated heterocycles. The van der Waals surface area contributed by atoms with E-state index in [-0.39, 0.29) is 21.3 Å². The molecule has 0 saturated carbocycles. The zero-order valence-corrected chi connectivity index (χ0v) is 25.0. The second-order valence-corrected chi connectivity index (χ2v) is 14.7. The second kappa shape index (κ2) is 13.4. The number of carbonyl (C=O) groups is 2. The smallest absolute Gasteiger partial charge is 0.251 e. The lowest BCUT2D eigenvalue weighted by atomic mass is 9.99. The molecule has 3 aromatic carbocycles. The molecule has 3 aromatic rings. The summed E-state index contributed by atoms with van der Waals surface area (Å²) < 4.78 is 53.1. The van der Waals surface area contributed by atoms with Crippen LogP contribution in [0.5, 0.6) is 0 Å². The van der Waals surface area contributed by atoms with Gasteiger partial charge in [0, 0.05) is 17.7 Å². The number of benzene rings is 3. The maximum Gasteiger partial charge on any atom is 0.251 e. The van der Waals surface area contributed by atoms with Crippen molar-refractivity contribution in [2.45, 2.75) is 50.3 Å². The van der Waals surface area contributed by atoms with E-state index in [9.17, 15) is 26.4 Å². The van der Waals surface area contributed by atoms with Crippen LogP contribution in [0.25, 0.3) is 0 Å². The summed E-state index contributed by atoms with van der Waals surface area (Å²) in [5.41, 5.74) is 2.24. The van der Waals surface area contributed by atoms with Crippen LogP contribution in [0.1, 0.15) is 58.5 Å². The average Bonchev–Trinajstić information content (AvgIpc) is 2.90. The Bertz CT molecular complexity index is 1450. The predicted molar refractivity (Wildman–Crippen MR) is 157 cm³/mol. The number of amides is 1.